The van der Waals surface area contributed by atoms with Crippen molar-refractivity contribution in [1.29, 1.82) is 0 Å². The Balaban J connectivity index is 0.00000361. The predicted octanol–water partition coefficient (Wildman–Crippen LogP) is 3.63. The minimum absolute atomic E-state index is 0. The van der Waals surface area contributed by atoms with Crippen LogP contribution >= 0.6 is 24.0 Å². The highest BCUT2D eigenvalue weighted by Gasteiger charge is 2.10. The molecule has 0 fully saturated rings. The molecule has 1 amide bonds. The average molecular weight is 319 g/mol. The van der Waals surface area contributed by atoms with E-state index in [1.54, 1.807) is 4.90 Å². The van der Waals surface area contributed by atoms with Crippen LogP contribution in [0.15, 0.2) is 24.3 Å². The van der Waals surface area contributed by atoms with Gasteiger partial charge in [-0.25, -0.2) is 0 Å². The monoisotopic (exact) mass is 318 g/mol. The Hall–Kier alpha value is -0.770. The summed E-state index contributed by atoms with van der Waals surface area (Å²) in [6, 6.07) is 7.63. The van der Waals surface area contributed by atoms with Gasteiger partial charge in [-0.15, -0.1) is 12.4 Å². The first kappa shape index (κ1) is 19.2. The lowest BCUT2D eigenvalue weighted by atomic mass is 10.1. The molecule has 0 bridgehead atoms. The highest BCUT2D eigenvalue weighted by atomic mass is 35.5. The highest BCUT2D eigenvalue weighted by Crippen LogP contribution is 2.17. The topological polar surface area (TPSA) is 46.3 Å². The summed E-state index contributed by atoms with van der Waals surface area (Å²) in [4.78, 5) is 13.7. The highest BCUT2D eigenvalue weighted by molar-refractivity contribution is 6.31. The van der Waals surface area contributed by atoms with Gasteiger partial charge in [0.05, 0.1) is 0 Å². The fourth-order valence-corrected chi connectivity index (χ4v) is 2.13. The van der Waals surface area contributed by atoms with Gasteiger partial charge in [-0.05, 0) is 31.0 Å². The van der Waals surface area contributed by atoms with Crippen LogP contribution in [-0.4, -0.2) is 24.4 Å². The second-order valence-corrected chi connectivity index (χ2v) is 5.20. The van der Waals surface area contributed by atoms with E-state index >= 15 is 0 Å². The molecule has 0 aliphatic heterocycles. The van der Waals surface area contributed by atoms with Gasteiger partial charge >= 0.3 is 0 Å². The molecule has 5 heteroatoms. The number of nitrogens with zero attached hydrogens (tertiary/aromatic N) is 1. The van der Waals surface area contributed by atoms with Crippen molar-refractivity contribution >= 4 is 29.9 Å². The molecule has 20 heavy (non-hydrogen) atoms. The molecule has 0 radical (unpaired) electrons. The number of halogens is 2. The quantitative estimate of drug-likeness (QED) is 0.744. The van der Waals surface area contributed by atoms with Crippen molar-refractivity contribution in [1.82, 2.24) is 4.90 Å². The molecule has 1 aromatic rings. The van der Waals surface area contributed by atoms with E-state index in [1.807, 2.05) is 31.3 Å². The van der Waals surface area contributed by atoms with Crippen molar-refractivity contribution in [2.24, 2.45) is 5.73 Å². The molecule has 0 spiro atoms. The van der Waals surface area contributed by atoms with Gasteiger partial charge in [0.25, 0.3) is 0 Å². The summed E-state index contributed by atoms with van der Waals surface area (Å²) in [5, 5.41) is 0.713. The summed E-state index contributed by atoms with van der Waals surface area (Å²) < 4.78 is 0. The Kier molecular flexibility index (Phi) is 10.5. The lowest BCUT2D eigenvalue weighted by Gasteiger charge is -2.18. The molecule has 0 saturated heterocycles. The number of hydrogen-bond acceptors (Lipinski definition) is 2. The second-order valence-electron chi connectivity index (χ2n) is 4.79. The molecule has 0 aromatic heterocycles. The molecule has 0 atom stereocenters. The minimum atomic E-state index is 0. The third kappa shape index (κ3) is 7.13. The Morgan fingerprint density at radius 2 is 1.85 bits per heavy atom. The molecular weight excluding hydrogens is 295 g/mol. The summed E-state index contributed by atoms with van der Waals surface area (Å²) in [7, 11) is 1.82. The molecular formula is C15H24Cl2N2O. The van der Waals surface area contributed by atoms with E-state index in [0.29, 0.717) is 18.0 Å². The zero-order valence-corrected chi connectivity index (χ0v) is 13.6. The Bertz CT molecular complexity index is 399. The number of benzene rings is 1. The molecule has 3 nitrogen and oxygen atoms in total. The minimum Gasteiger partial charge on any atom is -0.341 e. The van der Waals surface area contributed by atoms with Crippen LogP contribution in [0.5, 0.6) is 0 Å². The molecule has 114 valence electrons. The summed E-state index contributed by atoms with van der Waals surface area (Å²) >= 11 is 6.08. The Morgan fingerprint density at radius 3 is 2.50 bits per heavy atom. The summed E-state index contributed by atoms with van der Waals surface area (Å²) in [5.41, 5.74) is 6.42. The molecule has 0 saturated carbocycles. The first-order valence-corrected chi connectivity index (χ1v) is 7.20. The van der Waals surface area contributed by atoms with Gasteiger partial charge in [-0.1, -0.05) is 42.6 Å². The maximum atomic E-state index is 11.9. The van der Waals surface area contributed by atoms with Crippen LogP contribution in [0.2, 0.25) is 5.02 Å². The second kappa shape index (κ2) is 11.0. The number of hydrogen-bond donors (Lipinski definition) is 1. The largest absolute Gasteiger partial charge is 0.341 e. The maximum Gasteiger partial charge on any atom is 0.222 e. The molecule has 2 N–H and O–H groups in total. The van der Waals surface area contributed by atoms with E-state index in [-0.39, 0.29) is 18.3 Å². The number of amides is 1. The molecule has 0 unspecified atom stereocenters. The van der Waals surface area contributed by atoms with E-state index in [2.05, 4.69) is 0 Å². The van der Waals surface area contributed by atoms with Crippen LogP contribution < -0.4 is 5.73 Å². The fraction of sp³-hybridized carbons (Fsp3) is 0.533. The Labute approximate surface area is 132 Å². The number of carbonyl (C=O) groups excluding carboxylic acids is 1. The van der Waals surface area contributed by atoms with Crippen molar-refractivity contribution in [2.45, 2.75) is 38.6 Å². The van der Waals surface area contributed by atoms with Crippen LogP contribution in [0.1, 0.15) is 37.7 Å². The van der Waals surface area contributed by atoms with Crippen molar-refractivity contribution in [3.8, 4) is 0 Å². The Morgan fingerprint density at radius 1 is 1.20 bits per heavy atom. The molecule has 0 aliphatic rings. The van der Waals surface area contributed by atoms with Crippen molar-refractivity contribution in [2.75, 3.05) is 13.6 Å². The van der Waals surface area contributed by atoms with E-state index in [0.717, 1.165) is 37.8 Å². The predicted molar refractivity (Wildman–Crippen MR) is 87.3 cm³/mol. The van der Waals surface area contributed by atoms with Crippen LogP contribution in [0.3, 0.4) is 0 Å². The van der Waals surface area contributed by atoms with Crippen molar-refractivity contribution in [3.05, 3.63) is 34.9 Å². The fourth-order valence-electron chi connectivity index (χ4n) is 1.94. The number of rotatable bonds is 8. The van der Waals surface area contributed by atoms with E-state index in [4.69, 9.17) is 17.3 Å². The third-order valence-corrected chi connectivity index (χ3v) is 3.50. The third-order valence-electron chi connectivity index (χ3n) is 3.14. The lowest BCUT2D eigenvalue weighted by molar-refractivity contribution is -0.130. The van der Waals surface area contributed by atoms with Crippen LogP contribution in [-0.2, 0) is 11.3 Å². The SMILES string of the molecule is CN(Cc1ccccc1Cl)C(=O)CCCCCCN.Cl. The van der Waals surface area contributed by atoms with Crippen molar-refractivity contribution < 1.29 is 4.79 Å². The standard InChI is InChI=1S/C15H23ClN2O.ClH/c1-18(12-13-8-5-6-9-14(13)16)15(19)10-4-2-3-7-11-17;/h5-6,8-9H,2-4,7,10-12,17H2,1H3;1H. The van der Waals surface area contributed by atoms with Crippen molar-refractivity contribution in [3.63, 3.8) is 0 Å². The van der Waals surface area contributed by atoms with Gasteiger partial charge in [0.1, 0.15) is 0 Å². The molecule has 1 aromatic carbocycles. The first-order chi connectivity index (χ1) is 9.15. The number of nitrogens with two attached hydrogens (primary N) is 1. The first-order valence-electron chi connectivity index (χ1n) is 6.82. The summed E-state index contributed by atoms with van der Waals surface area (Å²) in [6.07, 6.45) is 4.77. The number of unbranched alkanes of at least 4 members (excludes halogenated alkanes) is 3. The smallest absolute Gasteiger partial charge is 0.222 e. The summed E-state index contributed by atoms with van der Waals surface area (Å²) in [6.45, 7) is 1.31. The van der Waals surface area contributed by atoms with E-state index in [9.17, 15) is 4.79 Å². The summed E-state index contributed by atoms with van der Waals surface area (Å²) in [5.74, 6) is 0.174. The van der Waals surface area contributed by atoms with E-state index in [1.165, 1.54) is 0 Å². The van der Waals surface area contributed by atoms with Gasteiger partial charge in [-0.3, -0.25) is 4.79 Å². The normalized spacial score (nSPS) is 9.95. The molecule has 0 heterocycles. The van der Waals surface area contributed by atoms with Gasteiger partial charge in [0.15, 0.2) is 0 Å². The zero-order chi connectivity index (χ0) is 14.1. The zero-order valence-electron chi connectivity index (χ0n) is 12.0. The lowest BCUT2D eigenvalue weighted by Crippen LogP contribution is -2.25. The van der Waals surface area contributed by atoms with E-state index < -0.39 is 0 Å². The van der Waals surface area contributed by atoms with Gasteiger partial charge < -0.3 is 10.6 Å². The van der Waals surface area contributed by atoms with Gasteiger partial charge in [-0.2, -0.15) is 0 Å². The van der Waals surface area contributed by atoms with Crippen LogP contribution in [0.4, 0.5) is 0 Å². The molecule has 1 rings (SSSR count). The maximum absolute atomic E-state index is 11.9. The van der Waals surface area contributed by atoms with Crippen LogP contribution in [0.25, 0.3) is 0 Å². The average Bonchev–Trinajstić information content (AvgIpc) is 2.41. The van der Waals surface area contributed by atoms with Crippen LogP contribution in [0, 0.1) is 0 Å². The number of carbonyl (C=O) groups is 1. The van der Waals surface area contributed by atoms with Gasteiger partial charge in [0.2, 0.25) is 5.91 Å². The molecule has 0 aliphatic carbocycles. The van der Waals surface area contributed by atoms with Gasteiger partial charge in [0, 0.05) is 25.0 Å².